The van der Waals surface area contributed by atoms with Gasteiger partial charge in [-0.1, -0.05) is 12.1 Å². The van der Waals surface area contributed by atoms with Gasteiger partial charge in [-0.05, 0) is 43.2 Å². The van der Waals surface area contributed by atoms with E-state index in [-0.39, 0.29) is 4.90 Å². The molecule has 0 radical (unpaired) electrons. The van der Waals surface area contributed by atoms with Crippen LogP contribution in [0.1, 0.15) is 16.7 Å². The molecule has 0 saturated carbocycles. The zero-order chi connectivity index (χ0) is 18.7. The lowest BCUT2D eigenvalue weighted by atomic mass is 10.2. The summed E-state index contributed by atoms with van der Waals surface area (Å²) in [5.74, 6) is 1.57. The van der Waals surface area contributed by atoms with Crippen molar-refractivity contribution in [3.63, 3.8) is 0 Å². The second kappa shape index (κ2) is 7.25. The Labute approximate surface area is 152 Å². The lowest BCUT2D eigenvalue weighted by Crippen LogP contribution is -2.19. The summed E-state index contributed by atoms with van der Waals surface area (Å²) in [6.07, 6.45) is 1.39. The Kier molecular flexibility index (Phi) is 5.03. The maximum atomic E-state index is 12.5. The monoisotopic (exact) mass is 376 g/mol. The lowest BCUT2D eigenvalue weighted by Gasteiger charge is -2.20. The van der Waals surface area contributed by atoms with Crippen molar-refractivity contribution in [3.8, 4) is 17.2 Å². The van der Waals surface area contributed by atoms with Crippen molar-refractivity contribution >= 4 is 16.2 Å². The Bertz CT molecular complexity index is 937. The number of sulfonamides is 1. The number of hydrogen-bond donors (Lipinski definition) is 1. The van der Waals surface area contributed by atoms with Gasteiger partial charge in [0.15, 0.2) is 11.5 Å². The van der Waals surface area contributed by atoms with E-state index in [0.717, 1.165) is 5.56 Å². The molecule has 0 fully saturated rings. The summed E-state index contributed by atoms with van der Waals surface area (Å²) in [7, 11) is -2.23. The van der Waals surface area contributed by atoms with Crippen molar-refractivity contribution in [1.82, 2.24) is 4.83 Å². The third kappa shape index (κ3) is 3.75. The third-order valence-corrected chi connectivity index (χ3v) is 5.23. The van der Waals surface area contributed by atoms with Crippen molar-refractivity contribution in [2.75, 3.05) is 20.3 Å². The van der Waals surface area contributed by atoms with E-state index >= 15 is 0 Å². The molecule has 1 N–H and O–H groups in total. The molecule has 26 heavy (non-hydrogen) atoms. The molecule has 2 aromatic carbocycles. The van der Waals surface area contributed by atoms with Gasteiger partial charge in [0.2, 0.25) is 5.75 Å². The Morgan fingerprint density at radius 3 is 2.69 bits per heavy atom. The predicted octanol–water partition coefficient (Wildman–Crippen LogP) is 2.40. The molecule has 138 valence electrons. The molecular formula is C18H20N2O5S. The number of fused-ring (bicyclic) bond motifs is 1. The lowest BCUT2D eigenvalue weighted by molar-refractivity contribution is 0.165. The molecule has 0 saturated heterocycles. The molecule has 0 aliphatic carbocycles. The average molecular weight is 376 g/mol. The quantitative estimate of drug-likeness (QED) is 0.640. The van der Waals surface area contributed by atoms with Crippen molar-refractivity contribution in [3.05, 3.63) is 47.0 Å². The topological polar surface area (TPSA) is 86.2 Å². The van der Waals surface area contributed by atoms with E-state index in [1.807, 2.05) is 13.0 Å². The van der Waals surface area contributed by atoms with Gasteiger partial charge in [0.05, 0.1) is 18.2 Å². The summed E-state index contributed by atoms with van der Waals surface area (Å²) in [5.41, 5.74) is 2.13. The summed E-state index contributed by atoms with van der Waals surface area (Å²) in [4.78, 5) is 2.44. The molecule has 7 nitrogen and oxygen atoms in total. The van der Waals surface area contributed by atoms with Gasteiger partial charge in [-0.2, -0.15) is 13.5 Å². The van der Waals surface area contributed by atoms with Crippen LogP contribution in [-0.4, -0.2) is 35.0 Å². The molecule has 1 aliphatic heterocycles. The van der Waals surface area contributed by atoms with E-state index in [4.69, 9.17) is 14.2 Å². The Morgan fingerprint density at radius 1 is 1.15 bits per heavy atom. The van der Waals surface area contributed by atoms with Crippen LogP contribution < -0.4 is 19.0 Å². The number of benzene rings is 2. The van der Waals surface area contributed by atoms with E-state index in [0.29, 0.717) is 41.6 Å². The minimum absolute atomic E-state index is 0.203. The highest BCUT2D eigenvalue weighted by Gasteiger charge is 2.19. The van der Waals surface area contributed by atoms with Crippen molar-refractivity contribution in [2.24, 2.45) is 5.10 Å². The number of nitrogens with zero attached hydrogens (tertiary/aromatic N) is 1. The summed E-state index contributed by atoms with van der Waals surface area (Å²) in [5, 5.41) is 3.87. The van der Waals surface area contributed by atoms with Crippen LogP contribution in [0, 0.1) is 13.8 Å². The van der Waals surface area contributed by atoms with Crippen LogP contribution >= 0.6 is 0 Å². The molecule has 3 rings (SSSR count). The van der Waals surface area contributed by atoms with Crippen LogP contribution in [0.15, 0.2) is 40.3 Å². The van der Waals surface area contributed by atoms with Crippen LogP contribution in [0.4, 0.5) is 0 Å². The second-order valence-corrected chi connectivity index (χ2v) is 7.50. The smallest absolute Gasteiger partial charge is 0.276 e. The van der Waals surface area contributed by atoms with Crippen LogP contribution in [0.2, 0.25) is 0 Å². The molecule has 0 amide bonds. The van der Waals surface area contributed by atoms with Gasteiger partial charge in [-0.25, -0.2) is 4.83 Å². The number of nitrogens with one attached hydrogen (secondary N) is 1. The molecule has 0 bridgehead atoms. The molecule has 1 aliphatic rings. The van der Waals surface area contributed by atoms with Crippen molar-refractivity contribution < 1.29 is 22.6 Å². The summed E-state index contributed by atoms with van der Waals surface area (Å²) in [6, 6.07) is 8.65. The number of hydrogen-bond acceptors (Lipinski definition) is 6. The highest BCUT2D eigenvalue weighted by Crippen LogP contribution is 2.39. The molecule has 0 spiro atoms. The SMILES string of the molecule is COc1cc(/C=N\NS(=O)(=O)c2cc(C)ccc2C)cc2c1OCCO2. The Morgan fingerprint density at radius 2 is 1.92 bits per heavy atom. The van der Waals surface area contributed by atoms with Crippen molar-refractivity contribution in [1.29, 1.82) is 0 Å². The van der Waals surface area contributed by atoms with E-state index in [9.17, 15) is 8.42 Å². The van der Waals surface area contributed by atoms with Crippen LogP contribution in [0.5, 0.6) is 17.2 Å². The van der Waals surface area contributed by atoms with Gasteiger partial charge in [0, 0.05) is 5.56 Å². The molecule has 0 aromatic heterocycles. The fraction of sp³-hybridized carbons (Fsp3) is 0.278. The number of hydrazone groups is 1. The number of methoxy groups -OCH3 is 1. The van der Waals surface area contributed by atoms with E-state index in [2.05, 4.69) is 9.93 Å². The summed E-state index contributed by atoms with van der Waals surface area (Å²) < 4.78 is 41.3. The van der Waals surface area contributed by atoms with Crippen LogP contribution in [0.25, 0.3) is 0 Å². The Hall–Kier alpha value is -2.74. The highest BCUT2D eigenvalue weighted by molar-refractivity contribution is 7.89. The fourth-order valence-electron chi connectivity index (χ4n) is 2.58. The van der Waals surface area contributed by atoms with Gasteiger partial charge in [-0.15, -0.1) is 0 Å². The number of ether oxygens (including phenoxy) is 3. The normalized spacial score (nSPS) is 13.7. The zero-order valence-electron chi connectivity index (χ0n) is 14.8. The first-order valence-corrected chi connectivity index (χ1v) is 9.49. The average Bonchev–Trinajstić information content (AvgIpc) is 2.62. The van der Waals surface area contributed by atoms with E-state index in [1.54, 1.807) is 31.2 Å². The molecule has 0 atom stereocenters. The van der Waals surface area contributed by atoms with Crippen LogP contribution in [-0.2, 0) is 10.0 Å². The standard InChI is InChI=1S/C18H20N2O5S/c1-12-4-5-13(2)17(8-12)26(21,22)20-19-11-14-9-15(23-3)18-16(10-14)24-6-7-25-18/h4-5,8-11,20H,6-7H2,1-3H3/b19-11-. The van der Waals surface area contributed by atoms with Crippen LogP contribution in [0.3, 0.4) is 0 Å². The highest BCUT2D eigenvalue weighted by atomic mass is 32.2. The van der Waals surface area contributed by atoms with E-state index in [1.165, 1.54) is 13.3 Å². The minimum atomic E-state index is -3.75. The molecular weight excluding hydrogens is 356 g/mol. The molecule has 8 heteroatoms. The molecule has 1 heterocycles. The first kappa shape index (κ1) is 18.1. The largest absolute Gasteiger partial charge is 0.493 e. The fourth-order valence-corrected chi connectivity index (χ4v) is 3.71. The van der Waals surface area contributed by atoms with Gasteiger partial charge < -0.3 is 14.2 Å². The van der Waals surface area contributed by atoms with Gasteiger partial charge in [-0.3, -0.25) is 0 Å². The molecule has 0 unspecified atom stereocenters. The zero-order valence-corrected chi connectivity index (χ0v) is 15.6. The predicted molar refractivity (Wildman–Crippen MR) is 97.8 cm³/mol. The first-order chi connectivity index (χ1) is 12.4. The van der Waals surface area contributed by atoms with Gasteiger partial charge in [0.25, 0.3) is 10.0 Å². The van der Waals surface area contributed by atoms with Gasteiger partial charge >= 0.3 is 0 Å². The number of rotatable bonds is 5. The Balaban J connectivity index is 1.83. The maximum absolute atomic E-state index is 12.5. The van der Waals surface area contributed by atoms with Gasteiger partial charge in [0.1, 0.15) is 13.2 Å². The molecule has 2 aromatic rings. The second-order valence-electron chi connectivity index (χ2n) is 5.87. The third-order valence-electron chi connectivity index (χ3n) is 3.87. The minimum Gasteiger partial charge on any atom is -0.493 e. The first-order valence-electron chi connectivity index (χ1n) is 8.00. The summed E-state index contributed by atoms with van der Waals surface area (Å²) >= 11 is 0. The summed E-state index contributed by atoms with van der Waals surface area (Å²) in [6.45, 7) is 4.47. The van der Waals surface area contributed by atoms with E-state index < -0.39 is 10.0 Å². The van der Waals surface area contributed by atoms with Crippen molar-refractivity contribution in [2.45, 2.75) is 18.7 Å². The number of aryl methyl sites for hydroxylation is 2. The maximum Gasteiger partial charge on any atom is 0.276 e.